The molecule has 3 rings (SSSR count). The number of halogens is 3. The summed E-state index contributed by atoms with van der Waals surface area (Å²) in [6.07, 6.45) is -2.18. The van der Waals surface area contributed by atoms with Crippen molar-refractivity contribution in [3.8, 4) is 11.3 Å². The molecule has 0 N–H and O–H groups in total. The Hall–Kier alpha value is -2.63. The molecule has 3 aromatic rings. The van der Waals surface area contributed by atoms with Crippen molar-refractivity contribution in [2.24, 2.45) is 0 Å². The molecule has 3 nitrogen and oxygen atoms in total. The Morgan fingerprint density at radius 3 is 2.57 bits per heavy atom. The van der Waals surface area contributed by atoms with Crippen LogP contribution in [0.15, 0.2) is 48.7 Å². The zero-order chi connectivity index (χ0) is 15.0. The van der Waals surface area contributed by atoms with Gasteiger partial charge in [-0.2, -0.15) is 13.2 Å². The molecule has 2 heterocycles. The highest BCUT2D eigenvalue weighted by molar-refractivity contribution is 5.75. The maximum atomic E-state index is 12.7. The highest BCUT2D eigenvalue weighted by atomic mass is 19.4. The molecular weight excluding hydrogens is 281 g/mol. The molecule has 0 saturated carbocycles. The van der Waals surface area contributed by atoms with Gasteiger partial charge >= 0.3 is 6.18 Å². The summed E-state index contributed by atoms with van der Waals surface area (Å²) < 4.78 is 39.7. The Morgan fingerprint density at radius 1 is 1.10 bits per heavy atom. The first-order valence-electron chi connectivity index (χ1n) is 6.10. The first-order chi connectivity index (χ1) is 9.99. The molecule has 1 aromatic carbocycles. The first-order valence-corrected chi connectivity index (χ1v) is 6.10. The van der Waals surface area contributed by atoms with Crippen LogP contribution in [0.1, 0.15) is 16.1 Å². The number of aldehydes is 1. The molecule has 0 atom stereocenters. The van der Waals surface area contributed by atoms with E-state index in [0.29, 0.717) is 28.9 Å². The number of fused-ring (bicyclic) bond motifs is 1. The summed E-state index contributed by atoms with van der Waals surface area (Å²) in [4.78, 5) is 15.2. The van der Waals surface area contributed by atoms with Crippen LogP contribution in [0.5, 0.6) is 0 Å². The molecule has 2 aromatic heterocycles. The van der Waals surface area contributed by atoms with E-state index in [9.17, 15) is 18.0 Å². The van der Waals surface area contributed by atoms with Gasteiger partial charge in [-0.15, -0.1) is 0 Å². The fourth-order valence-corrected chi connectivity index (χ4v) is 2.12. The molecule has 0 fully saturated rings. The van der Waals surface area contributed by atoms with E-state index in [1.807, 2.05) is 0 Å². The third kappa shape index (κ3) is 2.40. The van der Waals surface area contributed by atoms with Gasteiger partial charge in [0.05, 0.1) is 17.0 Å². The van der Waals surface area contributed by atoms with E-state index in [0.717, 1.165) is 12.1 Å². The lowest BCUT2D eigenvalue weighted by Gasteiger charge is -2.07. The second-order valence-corrected chi connectivity index (χ2v) is 4.50. The molecule has 0 unspecified atom stereocenters. The standard InChI is InChI=1S/C15H9F3N2O/c16-15(17,18)11-4-1-3-10(7-11)13-8-20-12(9-21)5-2-6-14(20)19-13/h1-9H. The summed E-state index contributed by atoms with van der Waals surface area (Å²) in [5.41, 5.74) is 0.902. The van der Waals surface area contributed by atoms with Crippen LogP contribution >= 0.6 is 0 Å². The first kappa shape index (κ1) is 13.4. The Balaban J connectivity index is 2.15. The predicted molar refractivity (Wildman–Crippen MR) is 71.0 cm³/mol. The van der Waals surface area contributed by atoms with Gasteiger partial charge < -0.3 is 0 Å². The van der Waals surface area contributed by atoms with Crippen molar-refractivity contribution in [2.75, 3.05) is 0 Å². The predicted octanol–water partition coefficient (Wildman–Crippen LogP) is 3.83. The molecule has 21 heavy (non-hydrogen) atoms. The van der Waals surface area contributed by atoms with Crippen LogP contribution in [-0.2, 0) is 6.18 Å². The van der Waals surface area contributed by atoms with Gasteiger partial charge in [0.15, 0.2) is 6.29 Å². The van der Waals surface area contributed by atoms with E-state index in [1.54, 1.807) is 34.9 Å². The highest BCUT2D eigenvalue weighted by Crippen LogP contribution is 2.32. The van der Waals surface area contributed by atoms with Gasteiger partial charge in [0.25, 0.3) is 0 Å². The zero-order valence-electron chi connectivity index (χ0n) is 10.6. The Morgan fingerprint density at radius 2 is 1.86 bits per heavy atom. The number of aromatic nitrogens is 2. The van der Waals surface area contributed by atoms with E-state index in [2.05, 4.69) is 4.98 Å². The van der Waals surface area contributed by atoms with E-state index < -0.39 is 11.7 Å². The molecule has 0 saturated heterocycles. The Kier molecular flexibility index (Phi) is 3.01. The van der Waals surface area contributed by atoms with Gasteiger partial charge in [-0.1, -0.05) is 18.2 Å². The normalized spacial score (nSPS) is 11.8. The number of nitrogens with zero attached hydrogens (tertiary/aromatic N) is 2. The molecule has 0 aliphatic heterocycles. The topological polar surface area (TPSA) is 34.4 Å². The lowest BCUT2D eigenvalue weighted by Crippen LogP contribution is -2.04. The van der Waals surface area contributed by atoms with E-state index >= 15 is 0 Å². The molecular formula is C15H9F3N2O. The summed E-state index contributed by atoms with van der Waals surface area (Å²) in [6, 6.07) is 9.91. The van der Waals surface area contributed by atoms with Crippen LogP contribution in [0.2, 0.25) is 0 Å². The van der Waals surface area contributed by atoms with Gasteiger partial charge in [0, 0.05) is 11.8 Å². The number of carbonyl (C=O) groups is 1. The lowest BCUT2D eigenvalue weighted by atomic mass is 10.1. The van der Waals surface area contributed by atoms with Gasteiger partial charge in [0.1, 0.15) is 5.65 Å². The van der Waals surface area contributed by atoms with Crippen molar-refractivity contribution < 1.29 is 18.0 Å². The third-order valence-electron chi connectivity index (χ3n) is 3.13. The summed E-state index contributed by atoms with van der Waals surface area (Å²) in [5.74, 6) is 0. The minimum Gasteiger partial charge on any atom is -0.296 e. The van der Waals surface area contributed by atoms with E-state index in [1.165, 1.54) is 6.07 Å². The average molecular weight is 290 g/mol. The fourth-order valence-electron chi connectivity index (χ4n) is 2.12. The van der Waals surface area contributed by atoms with Crippen LogP contribution in [-0.4, -0.2) is 15.7 Å². The van der Waals surface area contributed by atoms with Gasteiger partial charge in [0.2, 0.25) is 0 Å². The molecule has 0 aliphatic carbocycles. The van der Waals surface area contributed by atoms with Crippen LogP contribution in [0.4, 0.5) is 13.2 Å². The second kappa shape index (κ2) is 4.73. The zero-order valence-corrected chi connectivity index (χ0v) is 10.6. The summed E-state index contributed by atoms with van der Waals surface area (Å²) in [5, 5.41) is 0. The van der Waals surface area contributed by atoms with Crippen molar-refractivity contribution >= 4 is 11.9 Å². The minimum absolute atomic E-state index is 0.352. The summed E-state index contributed by atoms with van der Waals surface area (Å²) in [7, 11) is 0. The van der Waals surface area contributed by atoms with Crippen molar-refractivity contribution in [1.29, 1.82) is 0 Å². The number of hydrogen-bond donors (Lipinski definition) is 0. The van der Waals surface area contributed by atoms with Crippen molar-refractivity contribution in [3.05, 3.63) is 59.9 Å². The second-order valence-electron chi connectivity index (χ2n) is 4.50. The third-order valence-corrected chi connectivity index (χ3v) is 3.13. The van der Waals surface area contributed by atoms with Crippen molar-refractivity contribution in [1.82, 2.24) is 9.38 Å². The number of carbonyl (C=O) groups excluding carboxylic acids is 1. The molecule has 0 amide bonds. The van der Waals surface area contributed by atoms with Crippen LogP contribution < -0.4 is 0 Å². The van der Waals surface area contributed by atoms with Gasteiger partial charge in [-0.3, -0.25) is 9.20 Å². The average Bonchev–Trinajstić information content (AvgIpc) is 2.90. The molecule has 0 radical (unpaired) electrons. The monoisotopic (exact) mass is 290 g/mol. The molecule has 0 spiro atoms. The highest BCUT2D eigenvalue weighted by Gasteiger charge is 2.30. The molecule has 106 valence electrons. The van der Waals surface area contributed by atoms with E-state index in [-0.39, 0.29) is 0 Å². The maximum Gasteiger partial charge on any atom is 0.416 e. The quantitative estimate of drug-likeness (QED) is 0.672. The number of pyridine rings is 1. The molecule has 0 aliphatic rings. The summed E-state index contributed by atoms with van der Waals surface area (Å²) in [6.45, 7) is 0. The van der Waals surface area contributed by atoms with Crippen molar-refractivity contribution in [3.63, 3.8) is 0 Å². The maximum absolute atomic E-state index is 12.7. The van der Waals surface area contributed by atoms with Crippen LogP contribution in [0.3, 0.4) is 0 Å². The minimum atomic E-state index is -4.40. The van der Waals surface area contributed by atoms with Gasteiger partial charge in [-0.05, 0) is 24.3 Å². The van der Waals surface area contributed by atoms with Crippen LogP contribution in [0, 0.1) is 0 Å². The number of alkyl halides is 3. The number of imidazole rings is 1. The SMILES string of the molecule is O=Cc1cccc2nc(-c3cccc(C(F)(F)F)c3)cn12. The Labute approximate surface area is 117 Å². The molecule has 0 bridgehead atoms. The number of rotatable bonds is 2. The van der Waals surface area contributed by atoms with Crippen molar-refractivity contribution in [2.45, 2.75) is 6.18 Å². The number of hydrogen-bond acceptors (Lipinski definition) is 2. The van der Waals surface area contributed by atoms with Crippen LogP contribution in [0.25, 0.3) is 16.9 Å². The number of benzene rings is 1. The lowest BCUT2D eigenvalue weighted by molar-refractivity contribution is -0.137. The Bertz CT molecular complexity index is 821. The van der Waals surface area contributed by atoms with E-state index in [4.69, 9.17) is 0 Å². The fraction of sp³-hybridized carbons (Fsp3) is 0.0667. The molecule has 6 heteroatoms. The largest absolute Gasteiger partial charge is 0.416 e. The smallest absolute Gasteiger partial charge is 0.296 e. The summed E-state index contributed by atoms with van der Waals surface area (Å²) >= 11 is 0. The van der Waals surface area contributed by atoms with Gasteiger partial charge in [-0.25, -0.2) is 4.98 Å².